The Labute approximate surface area is 127 Å². The number of anilines is 1. The third-order valence-corrected chi connectivity index (χ3v) is 3.80. The zero-order valence-corrected chi connectivity index (χ0v) is 12.2. The first-order valence-electron chi connectivity index (χ1n) is 6.36. The number of halogens is 2. The second-order valence-corrected chi connectivity index (χ2v) is 5.80. The largest absolute Gasteiger partial charge is 0.383 e. The number of rotatable bonds is 3. The monoisotopic (exact) mass is 305 g/mol. The second kappa shape index (κ2) is 5.05. The lowest BCUT2D eigenvalue weighted by molar-refractivity contribution is 0.762. The fourth-order valence-corrected chi connectivity index (χ4v) is 2.82. The minimum atomic E-state index is 0.430. The van der Waals surface area contributed by atoms with Crippen molar-refractivity contribution in [1.82, 2.24) is 9.55 Å². The van der Waals surface area contributed by atoms with E-state index in [1.165, 1.54) is 0 Å². The van der Waals surface area contributed by atoms with E-state index in [-0.39, 0.29) is 0 Å². The van der Waals surface area contributed by atoms with Gasteiger partial charge in [-0.05, 0) is 31.0 Å². The van der Waals surface area contributed by atoms with Crippen LogP contribution in [-0.2, 0) is 6.54 Å². The Morgan fingerprint density at radius 3 is 2.50 bits per heavy atom. The van der Waals surface area contributed by atoms with Gasteiger partial charge in [-0.15, -0.1) is 6.42 Å². The highest BCUT2D eigenvalue weighted by atomic mass is 35.5. The van der Waals surface area contributed by atoms with E-state index >= 15 is 0 Å². The molecule has 2 N–H and O–H groups in total. The number of nitrogen functional groups attached to an aromatic ring is 1. The van der Waals surface area contributed by atoms with Crippen LogP contribution in [0.2, 0.25) is 10.0 Å². The molecule has 1 aliphatic carbocycles. The molecule has 20 heavy (non-hydrogen) atoms. The first-order chi connectivity index (χ1) is 9.60. The fourth-order valence-electron chi connectivity index (χ4n) is 2.30. The molecule has 0 aliphatic heterocycles. The molecule has 1 heterocycles. The van der Waals surface area contributed by atoms with Crippen LogP contribution in [0.5, 0.6) is 0 Å². The van der Waals surface area contributed by atoms with E-state index in [4.69, 9.17) is 35.4 Å². The molecule has 1 fully saturated rings. The number of benzene rings is 1. The molecule has 0 bridgehead atoms. The Morgan fingerprint density at radius 1 is 1.30 bits per heavy atom. The minimum Gasteiger partial charge on any atom is -0.383 e. The number of hydrogen-bond acceptors (Lipinski definition) is 2. The predicted molar refractivity (Wildman–Crippen MR) is 82.9 cm³/mol. The van der Waals surface area contributed by atoms with Crippen LogP contribution in [0.15, 0.2) is 18.2 Å². The molecule has 3 rings (SSSR count). The van der Waals surface area contributed by atoms with Gasteiger partial charge in [-0.2, -0.15) is 0 Å². The van der Waals surface area contributed by atoms with Gasteiger partial charge in [-0.25, -0.2) is 4.98 Å². The summed E-state index contributed by atoms with van der Waals surface area (Å²) < 4.78 is 1.90. The molecule has 2 aromatic rings. The van der Waals surface area contributed by atoms with Crippen molar-refractivity contribution < 1.29 is 0 Å². The molecule has 1 aliphatic rings. The summed E-state index contributed by atoms with van der Waals surface area (Å²) in [6, 6.07) is 5.30. The van der Waals surface area contributed by atoms with E-state index in [1.807, 2.05) is 16.7 Å². The number of terminal acetylenes is 1. The van der Waals surface area contributed by atoms with Gasteiger partial charge in [0.15, 0.2) is 0 Å². The van der Waals surface area contributed by atoms with Gasteiger partial charge in [0.05, 0.1) is 6.54 Å². The van der Waals surface area contributed by atoms with E-state index in [9.17, 15) is 0 Å². The molecule has 1 aromatic heterocycles. The average Bonchev–Trinajstić information content (AvgIpc) is 3.16. The van der Waals surface area contributed by atoms with E-state index in [0.29, 0.717) is 34.0 Å². The third-order valence-electron chi connectivity index (χ3n) is 3.36. The summed E-state index contributed by atoms with van der Waals surface area (Å²) in [5.41, 5.74) is 7.72. The van der Waals surface area contributed by atoms with Gasteiger partial charge in [-0.3, -0.25) is 0 Å². The summed E-state index contributed by atoms with van der Waals surface area (Å²) in [6.07, 6.45) is 7.69. The lowest BCUT2D eigenvalue weighted by atomic mass is 10.1. The number of nitrogens with two attached hydrogens (primary N) is 1. The number of hydrogen-bond donors (Lipinski definition) is 1. The minimum absolute atomic E-state index is 0.430. The molecule has 0 spiro atoms. The van der Waals surface area contributed by atoms with Gasteiger partial charge in [0.25, 0.3) is 0 Å². The summed E-state index contributed by atoms with van der Waals surface area (Å²) in [5, 5.41) is 1.12. The molecule has 102 valence electrons. The van der Waals surface area contributed by atoms with Crippen LogP contribution in [0.3, 0.4) is 0 Å². The van der Waals surface area contributed by atoms with Crippen molar-refractivity contribution in [2.75, 3.05) is 5.73 Å². The topological polar surface area (TPSA) is 43.8 Å². The maximum absolute atomic E-state index is 6.21. The van der Waals surface area contributed by atoms with Crippen molar-refractivity contribution in [1.29, 1.82) is 0 Å². The summed E-state index contributed by atoms with van der Waals surface area (Å²) in [5.74, 6) is 4.63. The van der Waals surface area contributed by atoms with Gasteiger partial charge in [-0.1, -0.05) is 29.1 Å². The molecule has 0 radical (unpaired) electrons. The smallest absolute Gasteiger partial charge is 0.132 e. The molecule has 1 aromatic carbocycles. The highest BCUT2D eigenvalue weighted by Crippen LogP contribution is 2.42. The molecule has 0 saturated heterocycles. The normalized spacial score (nSPS) is 14.2. The number of aromatic nitrogens is 2. The Morgan fingerprint density at radius 2 is 1.95 bits per heavy atom. The van der Waals surface area contributed by atoms with Crippen molar-refractivity contribution in [3.05, 3.63) is 34.1 Å². The standard InChI is InChI=1S/C15H13Cl2N3/c1-2-5-20-14(18)13(19-15(20)9-3-4-9)10-6-11(16)8-12(17)7-10/h1,6-9H,3-5,18H2. The van der Waals surface area contributed by atoms with Gasteiger partial charge >= 0.3 is 0 Å². The van der Waals surface area contributed by atoms with Crippen LogP contribution in [0.25, 0.3) is 11.3 Å². The van der Waals surface area contributed by atoms with Gasteiger partial charge in [0, 0.05) is 21.5 Å². The van der Waals surface area contributed by atoms with Crippen LogP contribution in [-0.4, -0.2) is 9.55 Å². The van der Waals surface area contributed by atoms with Crippen LogP contribution < -0.4 is 5.73 Å². The summed E-state index contributed by atoms with van der Waals surface area (Å²) >= 11 is 12.1. The molecule has 0 unspecified atom stereocenters. The van der Waals surface area contributed by atoms with Gasteiger partial charge < -0.3 is 10.3 Å². The molecule has 0 amide bonds. The van der Waals surface area contributed by atoms with Crippen molar-refractivity contribution >= 4 is 29.0 Å². The maximum Gasteiger partial charge on any atom is 0.132 e. The van der Waals surface area contributed by atoms with Crippen molar-refractivity contribution in [3.8, 4) is 23.6 Å². The van der Waals surface area contributed by atoms with Crippen molar-refractivity contribution in [2.45, 2.75) is 25.3 Å². The average molecular weight is 306 g/mol. The summed E-state index contributed by atoms with van der Waals surface area (Å²) in [6.45, 7) is 0.430. The molecule has 1 saturated carbocycles. The SMILES string of the molecule is C#CCn1c(C2CC2)nc(-c2cc(Cl)cc(Cl)c2)c1N. The molecule has 3 nitrogen and oxygen atoms in total. The molecular formula is C15H13Cl2N3. The molecule has 0 atom stereocenters. The zero-order chi connectivity index (χ0) is 14.3. The van der Waals surface area contributed by atoms with Crippen LogP contribution in [0.4, 0.5) is 5.82 Å². The predicted octanol–water partition coefficient (Wildman–Crippen LogP) is 3.95. The first kappa shape index (κ1) is 13.4. The highest BCUT2D eigenvalue weighted by molar-refractivity contribution is 6.35. The second-order valence-electron chi connectivity index (χ2n) is 4.93. The van der Waals surface area contributed by atoms with Gasteiger partial charge in [0.1, 0.15) is 17.3 Å². The van der Waals surface area contributed by atoms with Crippen LogP contribution in [0, 0.1) is 12.3 Å². The Hall–Kier alpha value is -1.63. The summed E-state index contributed by atoms with van der Waals surface area (Å²) in [7, 11) is 0. The van der Waals surface area contributed by atoms with Crippen LogP contribution in [0.1, 0.15) is 24.6 Å². The Kier molecular flexibility index (Phi) is 3.37. The van der Waals surface area contributed by atoms with Gasteiger partial charge in [0.2, 0.25) is 0 Å². The van der Waals surface area contributed by atoms with E-state index < -0.39 is 0 Å². The van der Waals surface area contributed by atoms with E-state index in [0.717, 1.165) is 24.2 Å². The van der Waals surface area contributed by atoms with Crippen LogP contribution >= 0.6 is 23.2 Å². The quantitative estimate of drug-likeness (QED) is 0.873. The highest BCUT2D eigenvalue weighted by Gasteiger charge is 2.30. The first-order valence-corrected chi connectivity index (χ1v) is 7.11. The molecular weight excluding hydrogens is 293 g/mol. The lowest BCUT2D eigenvalue weighted by Gasteiger charge is -2.05. The Balaban J connectivity index is 2.14. The lowest BCUT2D eigenvalue weighted by Crippen LogP contribution is -2.05. The van der Waals surface area contributed by atoms with Crippen molar-refractivity contribution in [3.63, 3.8) is 0 Å². The third kappa shape index (κ3) is 2.37. The number of imidazole rings is 1. The molecule has 5 heteroatoms. The number of nitrogens with zero attached hydrogens (tertiary/aromatic N) is 2. The summed E-state index contributed by atoms with van der Waals surface area (Å²) in [4.78, 5) is 4.67. The fraction of sp³-hybridized carbons (Fsp3) is 0.267. The zero-order valence-electron chi connectivity index (χ0n) is 10.7. The maximum atomic E-state index is 6.21. The van der Waals surface area contributed by atoms with Crippen molar-refractivity contribution in [2.24, 2.45) is 0 Å². The Bertz CT molecular complexity index is 688. The van der Waals surface area contributed by atoms with E-state index in [2.05, 4.69) is 10.9 Å². The van der Waals surface area contributed by atoms with E-state index in [1.54, 1.807) is 6.07 Å².